The first kappa shape index (κ1) is 30.1. The first-order valence-electron chi connectivity index (χ1n) is 16.2. The third-order valence-corrected chi connectivity index (χ3v) is 10.7. The number of alkyl halides is 1. The Morgan fingerprint density at radius 2 is 2.02 bits per heavy atom. The molecule has 0 bridgehead atoms. The van der Waals surface area contributed by atoms with Crippen molar-refractivity contribution in [1.29, 1.82) is 0 Å². The summed E-state index contributed by atoms with van der Waals surface area (Å²) in [5.74, 6) is -1.76. The number of halogens is 3. The molecule has 0 saturated carbocycles. The van der Waals surface area contributed by atoms with Gasteiger partial charge in [-0.15, -0.1) is 0 Å². The van der Waals surface area contributed by atoms with E-state index < -0.39 is 29.4 Å². The fourth-order valence-corrected chi connectivity index (χ4v) is 8.46. The van der Waals surface area contributed by atoms with E-state index in [0.717, 1.165) is 19.4 Å². The number of anilines is 1. The Balaban J connectivity index is 1.26. The Labute approximate surface area is 268 Å². The second-order valence-corrected chi connectivity index (χ2v) is 13.3. The number of rotatable bonds is 7. The van der Waals surface area contributed by atoms with Crippen molar-refractivity contribution < 1.29 is 32.9 Å². The Morgan fingerprint density at radius 1 is 1.17 bits per heavy atom. The average Bonchev–Trinajstić information content (AvgIpc) is 3.80. The Hall–Kier alpha value is -4.23. The molecule has 13 heteroatoms. The largest absolute Gasteiger partial charge is 0.508 e. The summed E-state index contributed by atoms with van der Waals surface area (Å²) >= 11 is 0. The first-order valence-corrected chi connectivity index (χ1v) is 16.2. The van der Waals surface area contributed by atoms with Gasteiger partial charge in [0.05, 0.1) is 29.5 Å². The molecule has 47 heavy (non-hydrogen) atoms. The topological polar surface area (TPSA) is 124 Å². The van der Waals surface area contributed by atoms with Crippen molar-refractivity contribution >= 4 is 33.4 Å². The number of nitrogens with one attached hydrogen (secondary N) is 1. The van der Waals surface area contributed by atoms with Gasteiger partial charge in [0.1, 0.15) is 41.4 Å². The van der Waals surface area contributed by atoms with Crippen LogP contribution in [0.15, 0.2) is 30.5 Å². The van der Waals surface area contributed by atoms with Gasteiger partial charge in [0.15, 0.2) is 5.82 Å². The lowest BCUT2D eigenvalue weighted by atomic mass is 9.94. The van der Waals surface area contributed by atoms with Gasteiger partial charge in [-0.1, -0.05) is 13.0 Å². The number of aryl methyl sites for hydroxylation is 1. The van der Waals surface area contributed by atoms with Crippen molar-refractivity contribution in [2.24, 2.45) is 11.8 Å². The number of phenols is 1. The van der Waals surface area contributed by atoms with Gasteiger partial charge in [-0.2, -0.15) is 9.97 Å². The lowest BCUT2D eigenvalue weighted by molar-refractivity contribution is -0.122. The Morgan fingerprint density at radius 3 is 2.83 bits per heavy atom. The maximum Gasteiger partial charge on any atom is 0.319 e. The maximum atomic E-state index is 16.9. The van der Waals surface area contributed by atoms with Gasteiger partial charge < -0.3 is 25.2 Å². The molecule has 4 aliphatic rings. The minimum Gasteiger partial charge on any atom is -0.508 e. The molecule has 6 heterocycles. The number of carbonyl (C=O) groups excluding carboxylic acids is 1. The number of ether oxygens (including phenoxy) is 1. The maximum absolute atomic E-state index is 16.9. The number of carbonyl (C=O) groups is 1. The standard InChI is InChI=1S/C34H35F3N6O4/c1-2-20-25(36)5-4-17-8-19(45)9-21(27(17)20)29-28(37)30-22(11-38-29)31(42-13-23-24(14-42)32(46)39-26(23)15-44)41-33(40-30)47-16-34-6-3-7-43(34)12-18(35)10-34/h4-5,8-9,11,18,23-24,26,44-45H,2-3,6-7,10,12-16H2,1H3,(H,39,46)/t18-,23+,24-,26-,34+/m1/s1. The predicted octanol–water partition coefficient (Wildman–Crippen LogP) is 3.89. The summed E-state index contributed by atoms with van der Waals surface area (Å²) in [6.07, 6.45) is 2.86. The Bertz CT molecular complexity index is 1930. The highest BCUT2D eigenvalue weighted by Crippen LogP contribution is 2.43. The molecule has 2 aromatic heterocycles. The van der Waals surface area contributed by atoms with E-state index in [1.807, 2.05) is 4.90 Å². The molecule has 4 saturated heterocycles. The molecule has 2 aromatic carbocycles. The van der Waals surface area contributed by atoms with Gasteiger partial charge in [-0.3, -0.25) is 14.7 Å². The van der Waals surface area contributed by atoms with Gasteiger partial charge in [-0.25, -0.2) is 13.2 Å². The van der Waals surface area contributed by atoms with Crippen LogP contribution in [0.3, 0.4) is 0 Å². The number of aromatic hydroxyl groups is 1. The minimum atomic E-state index is -0.956. The zero-order valence-electron chi connectivity index (χ0n) is 25.8. The number of aromatic nitrogens is 3. The van der Waals surface area contributed by atoms with Gasteiger partial charge in [0.25, 0.3) is 0 Å². The Kier molecular flexibility index (Phi) is 7.17. The zero-order chi connectivity index (χ0) is 32.6. The van der Waals surface area contributed by atoms with Crippen LogP contribution < -0.4 is 15.0 Å². The number of hydrogen-bond acceptors (Lipinski definition) is 9. The molecule has 0 spiro atoms. The summed E-state index contributed by atoms with van der Waals surface area (Å²) in [7, 11) is 0. The number of nitrogens with zero attached hydrogens (tertiary/aromatic N) is 5. The highest BCUT2D eigenvalue weighted by atomic mass is 19.1. The monoisotopic (exact) mass is 648 g/mol. The fraction of sp³-hybridized carbons (Fsp3) is 0.471. The highest BCUT2D eigenvalue weighted by Gasteiger charge is 2.50. The number of aliphatic hydroxyl groups excluding tert-OH is 1. The van der Waals surface area contributed by atoms with Crippen LogP contribution in [-0.2, 0) is 11.2 Å². The molecular formula is C34H35F3N6O4. The molecule has 4 aromatic rings. The van der Waals surface area contributed by atoms with E-state index in [4.69, 9.17) is 9.72 Å². The number of benzene rings is 2. The molecule has 0 unspecified atom stereocenters. The average molecular weight is 649 g/mol. The van der Waals surface area contributed by atoms with Crippen LogP contribution >= 0.6 is 0 Å². The van der Waals surface area contributed by atoms with Crippen molar-refractivity contribution in [2.75, 3.05) is 44.3 Å². The van der Waals surface area contributed by atoms with E-state index in [2.05, 4.69) is 20.2 Å². The molecule has 0 radical (unpaired) electrons. The summed E-state index contributed by atoms with van der Waals surface area (Å²) in [4.78, 5) is 30.4. The molecule has 4 fully saturated rings. The van der Waals surface area contributed by atoms with Gasteiger partial charge in [-0.05, 0) is 60.3 Å². The predicted molar refractivity (Wildman–Crippen MR) is 168 cm³/mol. The number of aliphatic hydroxyl groups is 1. The summed E-state index contributed by atoms with van der Waals surface area (Å²) in [6, 6.07) is 5.24. The van der Waals surface area contributed by atoms with Crippen molar-refractivity contribution in [1.82, 2.24) is 25.2 Å². The van der Waals surface area contributed by atoms with Crippen LogP contribution in [0, 0.1) is 23.5 Å². The number of phenolic OH excluding ortho intramolecular Hbond substituents is 1. The summed E-state index contributed by atoms with van der Waals surface area (Å²) < 4.78 is 52.5. The van der Waals surface area contributed by atoms with Crippen LogP contribution in [0.5, 0.6) is 11.8 Å². The van der Waals surface area contributed by atoms with Crippen LogP contribution in [0.1, 0.15) is 31.7 Å². The SMILES string of the molecule is CCc1c(F)ccc2cc(O)cc(-c3ncc4c(N5C[C@@H]6[C@@H](CO)NC(=O)[C@@H]6C5)nc(OC[C@@]56CCCN5C[C@H](F)C6)nc4c3F)c12. The minimum absolute atomic E-state index is 0.0864. The molecule has 0 aliphatic carbocycles. The van der Waals surface area contributed by atoms with Gasteiger partial charge in [0.2, 0.25) is 5.91 Å². The third-order valence-electron chi connectivity index (χ3n) is 10.7. The van der Waals surface area contributed by atoms with Crippen molar-refractivity contribution in [3.8, 4) is 23.0 Å². The molecule has 246 valence electrons. The molecule has 8 rings (SSSR count). The smallest absolute Gasteiger partial charge is 0.319 e. The number of pyridine rings is 1. The van der Waals surface area contributed by atoms with E-state index in [1.54, 1.807) is 6.92 Å². The molecular weight excluding hydrogens is 613 g/mol. The van der Waals surface area contributed by atoms with Crippen molar-refractivity contribution in [3.05, 3.63) is 47.7 Å². The van der Waals surface area contributed by atoms with E-state index in [0.29, 0.717) is 54.6 Å². The van der Waals surface area contributed by atoms with Gasteiger partial charge in [0, 0.05) is 43.7 Å². The summed E-state index contributed by atoms with van der Waals surface area (Å²) in [6.45, 7) is 3.52. The fourth-order valence-electron chi connectivity index (χ4n) is 8.46. The second kappa shape index (κ2) is 11.2. The van der Waals surface area contributed by atoms with Crippen LogP contribution in [0.4, 0.5) is 19.0 Å². The van der Waals surface area contributed by atoms with Crippen molar-refractivity contribution in [2.45, 2.75) is 50.4 Å². The number of amides is 1. The summed E-state index contributed by atoms with van der Waals surface area (Å²) in [5.41, 5.74) is -0.106. The second-order valence-electron chi connectivity index (χ2n) is 13.3. The molecule has 3 N–H and O–H groups in total. The van der Waals surface area contributed by atoms with E-state index in [-0.39, 0.29) is 64.9 Å². The normalized spacial score (nSPS) is 27.2. The van der Waals surface area contributed by atoms with Crippen LogP contribution in [0.25, 0.3) is 32.9 Å². The highest BCUT2D eigenvalue weighted by molar-refractivity contribution is 6.02. The molecule has 5 atom stereocenters. The molecule has 10 nitrogen and oxygen atoms in total. The first-order chi connectivity index (χ1) is 22.7. The van der Waals surface area contributed by atoms with E-state index >= 15 is 4.39 Å². The van der Waals surface area contributed by atoms with E-state index in [9.17, 15) is 23.8 Å². The zero-order valence-corrected chi connectivity index (χ0v) is 25.8. The lowest BCUT2D eigenvalue weighted by Gasteiger charge is -2.31. The van der Waals surface area contributed by atoms with Gasteiger partial charge >= 0.3 is 6.01 Å². The van der Waals surface area contributed by atoms with Crippen LogP contribution in [-0.4, -0.2) is 93.1 Å². The van der Waals surface area contributed by atoms with E-state index in [1.165, 1.54) is 30.5 Å². The molecule has 4 aliphatic heterocycles. The number of fused-ring (bicyclic) bond motifs is 4. The van der Waals surface area contributed by atoms with Crippen molar-refractivity contribution in [3.63, 3.8) is 0 Å². The molecule has 1 amide bonds. The quantitative estimate of drug-likeness (QED) is 0.274. The number of hydrogen-bond donors (Lipinski definition) is 3. The lowest BCUT2D eigenvalue weighted by Crippen LogP contribution is -2.43. The summed E-state index contributed by atoms with van der Waals surface area (Å²) in [5, 5.41) is 24.6. The van der Waals surface area contributed by atoms with Crippen LogP contribution in [0.2, 0.25) is 0 Å². The third kappa shape index (κ3) is 4.76.